The number of hydrogen-bond donors (Lipinski definition) is 0. The summed E-state index contributed by atoms with van der Waals surface area (Å²) in [6.45, 7) is 3.14. The van der Waals surface area contributed by atoms with Gasteiger partial charge >= 0.3 is 71.5 Å². The van der Waals surface area contributed by atoms with Crippen molar-refractivity contribution >= 4 is 16.3 Å². The van der Waals surface area contributed by atoms with Gasteiger partial charge in [-0.05, 0) is 0 Å². The van der Waals surface area contributed by atoms with Gasteiger partial charge < -0.3 is 0 Å². The Labute approximate surface area is 72.0 Å². The van der Waals surface area contributed by atoms with Crippen molar-refractivity contribution in [3.05, 3.63) is 0 Å². The molecule has 0 aliphatic heterocycles. The van der Waals surface area contributed by atoms with Crippen LogP contribution in [0.5, 0.6) is 0 Å². The first-order valence-corrected chi connectivity index (χ1v) is 4.71. The fourth-order valence-corrected chi connectivity index (χ4v) is 1.27. The van der Waals surface area contributed by atoms with Crippen LogP contribution < -0.4 is 0 Å². The molecule has 61 valence electrons. The monoisotopic (exact) mass is 193 g/mol. The summed E-state index contributed by atoms with van der Waals surface area (Å²) in [6, 6.07) is 0. The van der Waals surface area contributed by atoms with Crippen molar-refractivity contribution in [2.24, 2.45) is 5.92 Å². The van der Waals surface area contributed by atoms with Crippen LogP contribution >= 0.6 is 0 Å². The number of Topliss-reactive ketones (excluding diaryl/α,β-unsaturated/α-hetero) is 2. The van der Waals surface area contributed by atoms with Crippen LogP contribution in [0.25, 0.3) is 0 Å². The van der Waals surface area contributed by atoms with Gasteiger partial charge in [-0.25, -0.2) is 0 Å². The molecule has 1 unspecified atom stereocenters. The molecule has 0 heterocycles. The first-order chi connectivity index (χ1) is 5.13. The van der Waals surface area contributed by atoms with Gasteiger partial charge in [-0.3, -0.25) is 0 Å². The summed E-state index contributed by atoms with van der Waals surface area (Å²) < 4.78 is 11.2. The van der Waals surface area contributed by atoms with Crippen molar-refractivity contribution in [1.29, 1.82) is 0 Å². The molecule has 11 heavy (non-hydrogen) atoms. The van der Waals surface area contributed by atoms with Crippen LogP contribution in [0.4, 0.5) is 0 Å². The molecule has 3 nitrogen and oxygen atoms in total. The standard InChI is InChI=1S/C7H10O2.O.V/c1-4-7(5(2)8)6(3)9;;/h2,7H,4H2,1,3H3;;. The molecule has 0 aromatic heterocycles. The Morgan fingerprint density at radius 1 is 1.55 bits per heavy atom. The van der Waals surface area contributed by atoms with Gasteiger partial charge in [-0.1, -0.05) is 0 Å². The molecule has 4 heteroatoms. The van der Waals surface area contributed by atoms with E-state index in [9.17, 15) is 13.3 Å². The van der Waals surface area contributed by atoms with Crippen LogP contribution in [0.15, 0.2) is 0 Å². The van der Waals surface area contributed by atoms with Crippen LogP contribution in [-0.4, -0.2) is 16.3 Å². The second-order valence-electron chi connectivity index (χ2n) is 2.21. The van der Waals surface area contributed by atoms with E-state index in [-0.39, 0.29) is 11.6 Å². The van der Waals surface area contributed by atoms with Crippen molar-refractivity contribution in [3.8, 4) is 0 Å². The Hall–Kier alpha value is -0.406. The zero-order valence-electron chi connectivity index (χ0n) is 6.53. The normalized spacial score (nSPS) is 11.5. The molecule has 0 aliphatic carbocycles. The average molecular weight is 193 g/mol. The molecule has 0 aromatic carbocycles. The zero-order valence-corrected chi connectivity index (χ0v) is 7.93. The first-order valence-electron chi connectivity index (χ1n) is 3.33. The Bertz CT molecular complexity index is 216. The SMILES string of the molecule is CCC(C(C)=O)C(=O)[CH]=[V]=[O]. The minimum absolute atomic E-state index is 0.150. The van der Waals surface area contributed by atoms with E-state index >= 15 is 0 Å². The fraction of sp³-hybridized carbons (Fsp3) is 0.571. The number of hydrogen-bond acceptors (Lipinski definition) is 3. The van der Waals surface area contributed by atoms with E-state index in [2.05, 4.69) is 0 Å². The molecule has 0 aromatic rings. The van der Waals surface area contributed by atoms with Crippen LogP contribution in [0.1, 0.15) is 20.3 Å². The number of carbonyl (C=O) groups is 2. The van der Waals surface area contributed by atoms with E-state index in [4.69, 9.17) is 0 Å². The summed E-state index contributed by atoms with van der Waals surface area (Å²) in [6.07, 6.45) is 0.492. The maximum absolute atomic E-state index is 11.0. The summed E-state index contributed by atoms with van der Waals surface area (Å²) in [4.78, 5) is 21.7. The van der Waals surface area contributed by atoms with E-state index in [0.29, 0.717) is 6.42 Å². The summed E-state index contributed by atoms with van der Waals surface area (Å²) >= 11 is -1.25. The topological polar surface area (TPSA) is 51.2 Å². The third-order valence-electron chi connectivity index (χ3n) is 1.42. The predicted molar refractivity (Wildman–Crippen MR) is 36.2 cm³/mol. The Kier molecular flexibility index (Phi) is 5.08. The molecule has 0 radical (unpaired) electrons. The summed E-state index contributed by atoms with van der Waals surface area (Å²) in [5, 5.41) is 0. The summed E-state index contributed by atoms with van der Waals surface area (Å²) in [5.41, 5.74) is 0. The minimum atomic E-state index is -1.25. The molecular formula is C7H10O3V. The van der Waals surface area contributed by atoms with Gasteiger partial charge in [0.05, 0.1) is 0 Å². The van der Waals surface area contributed by atoms with Gasteiger partial charge in [0.2, 0.25) is 0 Å². The van der Waals surface area contributed by atoms with Crippen molar-refractivity contribution < 1.29 is 29.1 Å². The van der Waals surface area contributed by atoms with Gasteiger partial charge in [-0.15, -0.1) is 0 Å². The third-order valence-corrected chi connectivity index (χ3v) is 1.98. The molecule has 0 spiro atoms. The van der Waals surface area contributed by atoms with Crippen LogP contribution in [0, 0.1) is 5.92 Å². The second-order valence-corrected chi connectivity index (χ2v) is 2.94. The van der Waals surface area contributed by atoms with E-state index in [1.54, 1.807) is 6.92 Å². The van der Waals surface area contributed by atoms with E-state index in [1.165, 1.54) is 6.92 Å². The van der Waals surface area contributed by atoms with Gasteiger partial charge in [0.25, 0.3) is 0 Å². The summed E-state index contributed by atoms with van der Waals surface area (Å²) in [5.74, 6) is -1.02. The van der Waals surface area contributed by atoms with Crippen molar-refractivity contribution in [2.45, 2.75) is 20.3 Å². The number of rotatable bonds is 4. The first kappa shape index (κ1) is 10.6. The maximum atomic E-state index is 11.0. The van der Waals surface area contributed by atoms with Crippen molar-refractivity contribution in [3.63, 3.8) is 0 Å². The third kappa shape index (κ3) is 3.49. The quantitative estimate of drug-likeness (QED) is 0.607. The average Bonchev–Trinajstić information content (AvgIpc) is 1.88. The Balaban J connectivity index is 4.38. The van der Waals surface area contributed by atoms with Gasteiger partial charge in [0.1, 0.15) is 0 Å². The Morgan fingerprint density at radius 3 is 2.36 bits per heavy atom. The molecular weight excluding hydrogens is 183 g/mol. The van der Waals surface area contributed by atoms with E-state index in [0.717, 1.165) is 4.73 Å². The number of ketones is 2. The molecule has 0 fully saturated rings. The van der Waals surface area contributed by atoms with Gasteiger partial charge in [0, 0.05) is 0 Å². The molecule has 0 saturated carbocycles. The van der Waals surface area contributed by atoms with Crippen LogP contribution in [0.2, 0.25) is 0 Å². The van der Waals surface area contributed by atoms with Crippen molar-refractivity contribution in [2.75, 3.05) is 0 Å². The number of carbonyl (C=O) groups excluding carboxylic acids is 2. The van der Waals surface area contributed by atoms with E-state index in [1.807, 2.05) is 0 Å². The van der Waals surface area contributed by atoms with Crippen molar-refractivity contribution in [1.82, 2.24) is 0 Å². The van der Waals surface area contributed by atoms with Crippen LogP contribution in [0.3, 0.4) is 0 Å². The van der Waals surface area contributed by atoms with Gasteiger partial charge in [0.15, 0.2) is 0 Å². The summed E-state index contributed by atoms with van der Waals surface area (Å²) in [7, 11) is 0. The van der Waals surface area contributed by atoms with Gasteiger partial charge in [-0.2, -0.15) is 0 Å². The predicted octanol–water partition coefficient (Wildman–Crippen LogP) is 0.401. The zero-order chi connectivity index (χ0) is 8.85. The Morgan fingerprint density at radius 2 is 2.09 bits per heavy atom. The fourth-order valence-electron chi connectivity index (χ4n) is 0.831. The molecule has 0 saturated heterocycles. The molecule has 0 N–H and O–H groups in total. The molecule has 1 atom stereocenters. The molecule has 0 bridgehead atoms. The second kappa shape index (κ2) is 5.27. The molecule has 0 amide bonds. The molecule has 0 aliphatic rings. The molecule has 0 rings (SSSR count). The van der Waals surface area contributed by atoms with Crippen LogP contribution in [-0.2, 0) is 29.1 Å². The van der Waals surface area contributed by atoms with E-state index < -0.39 is 21.7 Å².